The zero-order valence-corrected chi connectivity index (χ0v) is 18.0. The maximum Gasteiger partial charge on any atom is 0.326 e. The number of rotatable bonds is 8. The maximum absolute atomic E-state index is 13.1. The van der Waals surface area contributed by atoms with E-state index in [1.807, 2.05) is 36.6 Å². The summed E-state index contributed by atoms with van der Waals surface area (Å²) < 4.78 is 1.02. The number of carbonyl (C=O) groups excluding carboxylic acids is 2. The van der Waals surface area contributed by atoms with E-state index in [9.17, 15) is 19.5 Å². The summed E-state index contributed by atoms with van der Waals surface area (Å²) in [5, 5.41) is 16.1. The molecule has 3 rings (SSSR count). The summed E-state index contributed by atoms with van der Waals surface area (Å²) in [5.41, 5.74) is -1.06. The fourth-order valence-electron chi connectivity index (χ4n) is 3.73. The second-order valence-corrected chi connectivity index (χ2v) is 9.46. The zero-order valence-electron chi connectivity index (χ0n) is 16.4. The van der Waals surface area contributed by atoms with Gasteiger partial charge in [0.25, 0.3) is 5.91 Å². The average Bonchev–Trinajstić information content (AvgIpc) is 3.16. The lowest BCUT2D eigenvalue weighted by molar-refractivity contribution is -0.143. The molecular formula is C21H26N2O4S2. The van der Waals surface area contributed by atoms with Crippen molar-refractivity contribution in [3.05, 3.63) is 35.2 Å². The number of fused-ring (bicyclic) bond motifs is 1. The van der Waals surface area contributed by atoms with Gasteiger partial charge in [0.2, 0.25) is 5.91 Å². The van der Waals surface area contributed by atoms with Crippen molar-refractivity contribution in [2.45, 2.75) is 50.1 Å². The fraction of sp³-hybridized carbons (Fsp3) is 0.476. The van der Waals surface area contributed by atoms with Gasteiger partial charge in [0.05, 0.1) is 4.88 Å². The van der Waals surface area contributed by atoms with E-state index in [1.165, 1.54) is 23.1 Å². The van der Waals surface area contributed by atoms with Crippen molar-refractivity contribution in [2.75, 3.05) is 12.0 Å². The number of hydrogen-bond donors (Lipinski definition) is 3. The second-order valence-electron chi connectivity index (χ2n) is 7.39. The normalized spacial score (nSPS) is 16.9. The highest BCUT2D eigenvalue weighted by molar-refractivity contribution is 7.98. The molecule has 3 N–H and O–H groups in total. The van der Waals surface area contributed by atoms with Crippen LogP contribution in [-0.2, 0) is 9.59 Å². The van der Waals surface area contributed by atoms with Crippen LogP contribution in [0.4, 0.5) is 0 Å². The van der Waals surface area contributed by atoms with E-state index in [0.29, 0.717) is 29.9 Å². The van der Waals surface area contributed by atoms with Gasteiger partial charge in [0, 0.05) is 4.70 Å². The van der Waals surface area contributed by atoms with Gasteiger partial charge in [-0.05, 0) is 48.8 Å². The first kappa shape index (κ1) is 21.6. The third kappa shape index (κ3) is 5.11. The highest BCUT2D eigenvalue weighted by Crippen LogP contribution is 2.31. The molecule has 8 heteroatoms. The first-order valence-electron chi connectivity index (χ1n) is 9.79. The molecule has 0 unspecified atom stereocenters. The molecule has 0 saturated heterocycles. The highest BCUT2D eigenvalue weighted by Gasteiger charge is 2.42. The molecule has 1 aromatic carbocycles. The number of thiophene rings is 1. The average molecular weight is 435 g/mol. The van der Waals surface area contributed by atoms with Crippen molar-refractivity contribution in [1.29, 1.82) is 0 Å². The van der Waals surface area contributed by atoms with Crippen molar-refractivity contribution >= 4 is 51.0 Å². The van der Waals surface area contributed by atoms with Gasteiger partial charge in [-0.3, -0.25) is 9.59 Å². The van der Waals surface area contributed by atoms with E-state index in [-0.39, 0.29) is 11.8 Å². The number of benzene rings is 1. The molecule has 1 aromatic heterocycles. The van der Waals surface area contributed by atoms with Crippen LogP contribution < -0.4 is 10.6 Å². The van der Waals surface area contributed by atoms with Crippen molar-refractivity contribution < 1.29 is 19.5 Å². The lowest BCUT2D eigenvalue weighted by Crippen LogP contribution is -2.61. The Morgan fingerprint density at radius 2 is 1.93 bits per heavy atom. The van der Waals surface area contributed by atoms with E-state index in [4.69, 9.17) is 0 Å². The van der Waals surface area contributed by atoms with Crippen LogP contribution in [0.3, 0.4) is 0 Å². The Labute approximate surface area is 178 Å². The molecule has 1 atom stereocenters. The molecule has 156 valence electrons. The van der Waals surface area contributed by atoms with E-state index < -0.39 is 17.6 Å². The van der Waals surface area contributed by atoms with Gasteiger partial charge in [0.1, 0.15) is 11.6 Å². The summed E-state index contributed by atoms with van der Waals surface area (Å²) in [6, 6.07) is 8.65. The van der Waals surface area contributed by atoms with Gasteiger partial charge in [-0.1, -0.05) is 37.5 Å². The van der Waals surface area contributed by atoms with Crippen molar-refractivity contribution in [3.8, 4) is 0 Å². The van der Waals surface area contributed by atoms with Gasteiger partial charge in [-0.15, -0.1) is 11.3 Å². The zero-order chi connectivity index (χ0) is 20.9. The number of carbonyl (C=O) groups is 3. The maximum atomic E-state index is 13.1. The van der Waals surface area contributed by atoms with Gasteiger partial charge < -0.3 is 15.7 Å². The molecule has 1 heterocycles. The van der Waals surface area contributed by atoms with Crippen LogP contribution in [0, 0.1) is 0 Å². The van der Waals surface area contributed by atoms with Crippen LogP contribution in [0.2, 0.25) is 0 Å². The monoisotopic (exact) mass is 434 g/mol. The molecule has 6 nitrogen and oxygen atoms in total. The van der Waals surface area contributed by atoms with Crippen LogP contribution in [0.25, 0.3) is 10.1 Å². The number of thioether (sulfide) groups is 1. The van der Waals surface area contributed by atoms with Crippen molar-refractivity contribution in [1.82, 2.24) is 10.6 Å². The van der Waals surface area contributed by atoms with Crippen LogP contribution in [0.1, 0.15) is 48.2 Å². The van der Waals surface area contributed by atoms with Crippen LogP contribution in [0.15, 0.2) is 30.3 Å². The minimum atomic E-state index is -1.06. The molecular weight excluding hydrogens is 408 g/mol. The predicted octanol–water partition coefficient (Wildman–Crippen LogP) is 3.66. The Morgan fingerprint density at radius 3 is 2.59 bits per heavy atom. The van der Waals surface area contributed by atoms with E-state index in [2.05, 4.69) is 10.6 Å². The summed E-state index contributed by atoms with van der Waals surface area (Å²) in [6.45, 7) is 0. The van der Waals surface area contributed by atoms with Crippen LogP contribution in [-0.4, -0.2) is 46.5 Å². The molecule has 1 saturated carbocycles. The minimum Gasteiger partial charge on any atom is -0.480 e. The number of carboxylic acids is 1. The first-order valence-corrected chi connectivity index (χ1v) is 12.0. The molecule has 1 fully saturated rings. The van der Waals surface area contributed by atoms with E-state index >= 15 is 0 Å². The number of hydrogen-bond acceptors (Lipinski definition) is 5. The molecule has 2 amide bonds. The Hall–Kier alpha value is -2.06. The van der Waals surface area contributed by atoms with Gasteiger partial charge in [0.15, 0.2) is 0 Å². The highest BCUT2D eigenvalue weighted by atomic mass is 32.2. The lowest BCUT2D eigenvalue weighted by atomic mass is 9.80. The number of amides is 2. The summed E-state index contributed by atoms with van der Waals surface area (Å²) in [5.74, 6) is -1.08. The summed E-state index contributed by atoms with van der Waals surface area (Å²) in [6.07, 6.45) is 5.93. The molecule has 29 heavy (non-hydrogen) atoms. The predicted molar refractivity (Wildman–Crippen MR) is 118 cm³/mol. The topological polar surface area (TPSA) is 95.5 Å². The lowest BCUT2D eigenvalue weighted by Gasteiger charge is -2.37. The van der Waals surface area contributed by atoms with E-state index in [0.717, 1.165) is 29.3 Å². The molecule has 0 aliphatic heterocycles. The summed E-state index contributed by atoms with van der Waals surface area (Å²) in [4.78, 5) is 38.2. The minimum absolute atomic E-state index is 0.278. The van der Waals surface area contributed by atoms with Gasteiger partial charge in [-0.25, -0.2) is 4.79 Å². The molecule has 1 aliphatic carbocycles. The number of aliphatic carboxylic acids is 1. The summed E-state index contributed by atoms with van der Waals surface area (Å²) in [7, 11) is 0. The molecule has 0 radical (unpaired) electrons. The van der Waals surface area contributed by atoms with Gasteiger partial charge in [-0.2, -0.15) is 11.8 Å². The number of nitrogens with one attached hydrogen (secondary N) is 2. The quantitative estimate of drug-likeness (QED) is 0.589. The Morgan fingerprint density at radius 1 is 1.21 bits per heavy atom. The Bertz CT molecular complexity index is 857. The molecule has 0 bridgehead atoms. The van der Waals surface area contributed by atoms with Crippen LogP contribution in [0.5, 0.6) is 0 Å². The smallest absolute Gasteiger partial charge is 0.326 e. The summed E-state index contributed by atoms with van der Waals surface area (Å²) >= 11 is 2.93. The SMILES string of the molecule is CSCC[C@H](NC(=O)C1(NC(=O)c2cc3ccccc3s2)CCCCC1)C(=O)O. The second kappa shape index (κ2) is 9.63. The molecule has 0 spiro atoms. The largest absolute Gasteiger partial charge is 0.480 e. The fourth-order valence-corrected chi connectivity index (χ4v) is 5.16. The number of carboxylic acid groups (broad SMARTS) is 1. The van der Waals surface area contributed by atoms with E-state index in [1.54, 1.807) is 0 Å². The third-order valence-electron chi connectivity index (χ3n) is 5.36. The van der Waals surface area contributed by atoms with Crippen LogP contribution >= 0.6 is 23.1 Å². The first-order chi connectivity index (χ1) is 13.9. The third-order valence-corrected chi connectivity index (χ3v) is 7.12. The molecule has 2 aromatic rings. The van der Waals surface area contributed by atoms with Crippen molar-refractivity contribution in [2.24, 2.45) is 0 Å². The van der Waals surface area contributed by atoms with Crippen molar-refractivity contribution in [3.63, 3.8) is 0 Å². The molecule has 1 aliphatic rings. The Balaban J connectivity index is 1.79. The van der Waals surface area contributed by atoms with Gasteiger partial charge >= 0.3 is 5.97 Å². The Kier molecular flexibility index (Phi) is 7.18. The standard InChI is InChI=1S/C21H26N2O4S2/c1-28-12-9-15(19(25)26)22-20(27)21(10-5-2-6-11-21)23-18(24)17-13-14-7-3-4-8-16(14)29-17/h3-4,7-8,13,15H,2,5-6,9-12H2,1H3,(H,22,27)(H,23,24)(H,25,26)/t15-/m0/s1.